The SMILES string of the molecule is CC(=O)NC1=NN(C(C)=O)[C@@H](c2cccc(OC(=O)c3ccc(C)cc3)c2)S1. The van der Waals surface area contributed by atoms with Crippen LogP contribution in [-0.2, 0) is 9.59 Å². The highest BCUT2D eigenvalue weighted by Crippen LogP contribution is 2.39. The van der Waals surface area contributed by atoms with Crippen molar-refractivity contribution >= 4 is 34.7 Å². The van der Waals surface area contributed by atoms with Crippen molar-refractivity contribution in [1.82, 2.24) is 10.3 Å². The molecule has 0 aliphatic carbocycles. The zero-order valence-electron chi connectivity index (χ0n) is 15.6. The van der Waals surface area contributed by atoms with Crippen LogP contribution in [0.15, 0.2) is 53.6 Å². The largest absolute Gasteiger partial charge is 0.423 e. The lowest BCUT2D eigenvalue weighted by Crippen LogP contribution is -2.25. The number of rotatable bonds is 3. The second-order valence-electron chi connectivity index (χ2n) is 6.25. The molecule has 1 aliphatic heterocycles. The summed E-state index contributed by atoms with van der Waals surface area (Å²) in [5.41, 5.74) is 2.22. The maximum Gasteiger partial charge on any atom is 0.343 e. The van der Waals surface area contributed by atoms with Crippen LogP contribution in [0.4, 0.5) is 0 Å². The molecule has 1 atom stereocenters. The molecule has 0 aromatic heterocycles. The molecule has 2 aromatic rings. The third-order valence-electron chi connectivity index (χ3n) is 3.89. The summed E-state index contributed by atoms with van der Waals surface area (Å²) in [6.45, 7) is 4.71. The van der Waals surface area contributed by atoms with Gasteiger partial charge in [-0.2, -0.15) is 0 Å². The lowest BCUT2D eigenvalue weighted by atomic mass is 10.1. The van der Waals surface area contributed by atoms with Gasteiger partial charge in [-0.3, -0.25) is 9.59 Å². The average molecular weight is 397 g/mol. The molecule has 0 spiro atoms. The fourth-order valence-corrected chi connectivity index (χ4v) is 3.69. The smallest absolute Gasteiger partial charge is 0.343 e. The Bertz CT molecular complexity index is 956. The second kappa shape index (κ2) is 8.26. The van der Waals surface area contributed by atoms with E-state index >= 15 is 0 Å². The van der Waals surface area contributed by atoms with Crippen molar-refractivity contribution in [2.45, 2.75) is 26.1 Å². The Hall–Kier alpha value is -3.13. The van der Waals surface area contributed by atoms with E-state index in [1.165, 1.54) is 30.6 Å². The van der Waals surface area contributed by atoms with Crippen LogP contribution >= 0.6 is 11.8 Å². The number of hydrogen-bond donors (Lipinski definition) is 1. The van der Waals surface area contributed by atoms with Crippen LogP contribution in [-0.4, -0.2) is 28.0 Å². The fourth-order valence-electron chi connectivity index (χ4n) is 2.57. The van der Waals surface area contributed by atoms with Crippen molar-refractivity contribution in [1.29, 1.82) is 0 Å². The average Bonchev–Trinajstić information content (AvgIpc) is 3.06. The molecule has 0 fully saturated rings. The summed E-state index contributed by atoms with van der Waals surface area (Å²) in [4.78, 5) is 35.6. The number of ether oxygens (including phenoxy) is 1. The number of carbonyl (C=O) groups is 3. The van der Waals surface area contributed by atoms with Gasteiger partial charge < -0.3 is 10.1 Å². The van der Waals surface area contributed by atoms with Crippen molar-refractivity contribution in [2.75, 3.05) is 0 Å². The Labute approximate surface area is 166 Å². The van der Waals surface area contributed by atoms with Gasteiger partial charge in [-0.05, 0) is 36.8 Å². The molecule has 144 valence electrons. The first-order valence-corrected chi connectivity index (χ1v) is 9.43. The van der Waals surface area contributed by atoms with Crippen LogP contribution in [0, 0.1) is 6.92 Å². The Morgan fingerprint density at radius 2 is 1.82 bits per heavy atom. The number of carbonyl (C=O) groups excluding carboxylic acids is 3. The third kappa shape index (κ3) is 4.58. The topological polar surface area (TPSA) is 88.1 Å². The predicted molar refractivity (Wildman–Crippen MR) is 107 cm³/mol. The Balaban J connectivity index is 1.79. The van der Waals surface area contributed by atoms with E-state index in [9.17, 15) is 14.4 Å². The molecule has 2 amide bonds. The lowest BCUT2D eigenvalue weighted by Gasteiger charge is -2.19. The van der Waals surface area contributed by atoms with E-state index in [0.29, 0.717) is 16.5 Å². The Kier molecular flexibility index (Phi) is 5.79. The van der Waals surface area contributed by atoms with Crippen molar-refractivity contribution in [3.05, 3.63) is 65.2 Å². The number of amidine groups is 1. The third-order valence-corrected chi connectivity index (χ3v) is 4.99. The number of hydrazone groups is 1. The highest BCUT2D eigenvalue weighted by atomic mass is 32.2. The van der Waals surface area contributed by atoms with Gasteiger partial charge in [0.2, 0.25) is 11.8 Å². The molecule has 1 N–H and O–H groups in total. The van der Waals surface area contributed by atoms with Gasteiger partial charge in [0.05, 0.1) is 5.56 Å². The highest BCUT2D eigenvalue weighted by molar-refractivity contribution is 8.14. The number of hydrogen-bond acceptors (Lipinski definition) is 6. The number of thioether (sulfide) groups is 1. The van der Waals surface area contributed by atoms with Gasteiger partial charge in [-0.1, -0.05) is 41.6 Å². The molecule has 3 rings (SSSR count). The van der Waals surface area contributed by atoms with Crippen molar-refractivity contribution in [3.8, 4) is 5.75 Å². The van der Waals surface area contributed by atoms with E-state index in [2.05, 4.69) is 10.4 Å². The van der Waals surface area contributed by atoms with Gasteiger partial charge in [0, 0.05) is 13.8 Å². The first-order valence-electron chi connectivity index (χ1n) is 8.55. The number of nitrogens with zero attached hydrogens (tertiary/aromatic N) is 2. The van der Waals surface area contributed by atoms with E-state index in [1.807, 2.05) is 25.1 Å². The molecule has 1 aliphatic rings. The Morgan fingerprint density at radius 3 is 2.46 bits per heavy atom. The van der Waals surface area contributed by atoms with Crippen LogP contribution in [0.3, 0.4) is 0 Å². The summed E-state index contributed by atoms with van der Waals surface area (Å²) in [6.07, 6.45) is 0. The maximum atomic E-state index is 12.3. The van der Waals surface area contributed by atoms with Gasteiger partial charge in [-0.25, -0.2) is 9.80 Å². The van der Waals surface area contributed by atoms with Crippen molar-refractivity contribution < 1.29 is 19.1 Å². The van der Waals surface area contributed by atoms with E-state index in [0.717, 1.165) is 11.1 Å². The Morgan fingerprint density at radius 1 is 1.11 bits per heavy atom. The van der Waals surface area contributed by atoms with Gasteiger partial charge in [0.25, 0.3) is 0 Å². The van der Waals surface area contributed by atoms with Gasteiger partial charge >= 0.3 is 5.97 Å². The summed E-state index contributed by atoms with van der Waals surface area (Å²) in [7, 11) is 0. The van der Waals surface area contributed by atoms with Crippen LogP contribution < -0.4 is 10.1 Å². The molecule has 0 saturated carbocycles. The number of amides is 2. The van der Waals surface area contributed by atoms with Crippen molar-refractivity contribution in [3.63, 3.8) is 0 Å². The molecular formula is C20H19N3O4S. The van der Waals surface area contributed by atoms with Crippen LogP contribution in [0.5, 0.6) is 5.75 Å². The first kappa shape index (κ1) is 19.6. The standard InChI is InChI=1S/C20H19N3O4S/c1-12-7-9-15(10-8-12)19(26)27-17-6-4-5-16(11-17)18-23(14(3)25)22-20(28-18)21-13(2)24/h4-11,18H,1-3H3,(H,21,22,24)/t18-/m1/s1. The minimum absolute atomic E-state index is 0.264. The number of esters is 1. The molecule has 0 bridgehead atoms. The quantitative estimate of drug-likeness (QED) is 0.635. The first-order chi connectivity index (χ1) is 13.3. The monoisotopic (exact) mass is 397 g/mol. The molecule has 2 aromatic carbocycles. The van der Waals surface area contributed by atoms with E-state index < -0.39 is 11.3 Å². The maximum absolute atomic E-state index is 12.3. The summed E-state index contributed by atoms with van der Waals surface area (Å²) >= 11 is 1.24. The predicted octanol–water partition coefficient (Wildman–Crippen LogP) is 3.22. The van der Waals surface area contributed by atoms with Crippen molar-refractivity contribution in [2.24, 2.45) is 5.10 Å². The van der Waals surface area contributed by atoms with Crippen LogP contribution in [0.1, 0.15) is 40.7 Å². The minimum Gasteiger partial charge on any atom is -0.423 e. The molecule has 8 heteroatoms. The zero-order chi connectivity index (χ0) is 20.3. The number of nitrogens with one attached hydrogen (secondary N) is 1. The van der Waals surface area contributed by atoms with Gasteiger partial charge in [0.15, 0.2) is 5.17 Å². The zero-order valence-corrected chi connectivity index (χ0v) is 16.4. The van der Waals surface area contributed by atoms with E-state index in [4.69, 9.17) is 4.74 Å². The second-order valence-corrected chi connectivity index (χ2v) is 7.32. The molecule has 0 radical (unpaired) electrons. The number of benzene rings is 2. The molecule has 1 heterocycles. The number of aryl methyl sites for hydroxylation is 1. The molecule has 0 saturated heterocycles. The van der Waals surface area contributed by atoms with Crippen LogP contribution in [0.2, 0.25) is 0 Å². The summed E-state index contributed by atoms with van der Waals surface area (Å²) in [5.74, 6) is -0.633. The molecule has 7 nitrogen and oxygen atoms in total. The normalized spacial score (nSPS) is 15.8. The minimum atomic E-state index is -0.463. The van der Waals surface area contributed by atoms with Gasteiger partial charge in [0.1, 0.15) is 11.1 Å². The van der Waals surface area contributed by atoms with Crippen LogP contribution in [0.25, 0.3) is 0 Å². The summed E-state index contributed by atoms with van der Waals surface area (Å²) in [5, 5.41) is 7.92. The molecule has 0 unspecified atom stereocenters. The summed E-state index contributed by atoms with van der Waals surface area (Å²) in [6, 6.07) is 14.0. The highest BCUT2D eigenvalue weighted by Gasteiger charge is 2.32. The molecule has 28 heavy (non-hydrogen) atoms. The summed E-state index contributed by atoms with van der Waals surface area (Å²) < 4.78 is 5.47. The van der Waals surface area contributed by atoms with E-state index in [-0.39, 0.29) is 11.8 Å². The van der Waals surface area contributed by atoms with E-state index in [1.54, 1.807) is 30.3 Å². The fraction of sp³-hybridized carbons (Fsp3) is 0.200. The van der Waals surface area contributed by atoms with Gasteiger partial charge in [-0.15, -0.1) is 5.10 Å². The molecular weight excluding hydrogens is 378 g/mol. The lowest BCUT2D eigenvalue weighted by molar-refractivity contribution is -0.129.